The minimum absolute atomic E-state index is 0.0928. The fourth-order valence-corrected chi connectivity index (χ4v) is 3.77. The van der Waals surface area contributed by atoms with Crippen LogP contribution in [0.1, 0.15) is 31.2 Å². The molecule has 0 bridgehead atoms. The van der Waals surface area contributed by atoms with E-state index in [1.807, 2.05) is 4.90 Å². The number of amides is 1. The highest BCUT2D eigenvalue weighted by Crippen LogP contribution is 2.22. The summed E-state index contributed by atoms with van der Waals surface area (Å²) in [6.07, 6.45) is 4.78. The van der Waals surface area contributed by atoms with Crippen molar-refractivity contribution < 1.29 is 14.3 Å². The summed E-state index contributed by atoms with van der Waals surface area (Å²) in [6.45, 7) is 5.01. The van der Waals surface area contributed by atoms with Crippen molar-refractivity contribution in [3.8, 4) is 0 Å². The largest absolute Gasteiger partial charge is 0.375 e. The summed E-state index contributed by atoms with van der Waals surface area (Å²) >= 11 is 0. The van der Waals surface area contributed by atoms with E-state index in [0.29, 0.717) is 12.2 Å². The molecule has 5 nitrogen and oxygen atoms in total. The average Bonchev–Trinajstić information content (AvgIpc) is 2.65. The van der Waals surface area contributed by atoms with E-state index < -0.39 is 0 Å². The Bertz CT molecular complexity index is 521. The summed E-state index contributed by atoms with van der Waals surface area (Å²) in [5.74, 6) is 0.0928. The molecule has 1 aromatic rings. The van der Waals surface area contributed by atoms with E-state index in [1.54, 1.807) is 7.11 Å². The quantitative estimate of drug-likeness (QED) is 0.793. The second-order valence-corrected chi connectivity index (χ2v) is 7.11. The van der Waals surface area contributed by atoms with Crippen molar-refractivity contribution in [2.24, 2.45) is 0 Å². The molecule has 0 radical (unpaired) electrons. The molecule has 0 unspecified atom stereocenters. The molecule has 1 amide bonds. The zero-order valence-electron chi connectivity index (χ0n) is 15.2. The lowest BCUT2D eigenvalue weighted by Crippen LogP contribution is -2.44. The van der Waals surface area contributed by atoms with Gasteiger partial charge in [-0.15, -0.1) is 0 Å². The van der Waals surface area contributed by atoms with Crippen LogP contribution in [0.15, 0.2) is 30.3 Å². The van der Waals surface area contributed by atoms with Crippen LogP contribution in [0.4, 0.5) is 0 Å². The van der Waals surface area contributed by atoms with Crippen LogP contribution in [0.3, 0.4) is 0 Å². The van der Waals surface area contributed by atoms with E-state index in [0.717, 1.165) is 58.4 Å². The number of benzene rings is 1. The Morgan fingerprint density at radius 3 is 2.20 bits per heavy atom. The standard InChI is InChI=1S/C20H30N2O3/c1-24-16-20(23)22-13-9-19(10-14-22)25-18-7-11-21(12-8-18)15-17-5-3-2-4-6-17/h2-6,18-19H,7-16H2,1H3. The molecule has 2 aliphatic rings. The first kappa shape index (κ1) is 18.4. The van der Waals surface area contributed by atoms with Crippen LogP contribution < -0.4 is 0 Å². The summed E-state index contributed by atoms with van der Waals surface area (Å²) in [5, 5.41) is 0. The van der Waals surface area contributed by atoms with E-state index in [9.17, 15) is 4.79 Å². The number of carbonyl (C=O) groups is 1. The third-order valence-corrected chi connectivity index (χ3v) is 5.23. The van der Waals surface area contributed by atoms with Crippen LogP contribution in [0.25, 0.3) is 0 Å². The van der Waals surface area contributed by atoms with Gasteiger partial charge in [-0.3, -0.25) is 9.69 Å². The fraction of sp³-hybridized carbons (Fsp3) is 0.650. The Hall–Kier alpha value is -1.43. The number of carbonyl (C=O) groups excluding carboxylic acids is 1. The molecule has 0 saturated carbocycles. The molecule has 1 aromatic carbocycles. The number of hydrogen-bond acceptors (Lipinski definition) is 4. The van der Waals surface area contributed by atoms with Gasteiger partial charge in [-0.1, -0.05) is 30.3 Å². The molecule has 3 rings (SSSR count). The third kappa shape index (κ3) is 5.53. The van der Waals surface area contributed by atoms with E-state index in [4.69, 9.17) is 9.47 Å². The number of piperidine rings is 2. The molecule has 25 heavy (non-hydrogen) atoms. The maximum atomic E-state index is 11.8. The molecule has 0 N–H and O–H groups in total. The summed E-state index contributed by atoms with van der Waals surface area (Å²) in [6, 6.07) is 10.7. The molecular weight excluding hydrogens is 316 g/mol. The second kappa shape index (κ2) is 9.32. The molecule has 0 spiro atoms. The smallest absolute Gasteiger partial charge is 0.248 e. The highest BCUT2D eigenvalue weighted by molar-refractivity contribution is 5.77. The SMILES string of the molecule is COCC(=O)N1CCC(OC2CCN(Cc3ccccc3)CC2)CC1. The molecule has 2 saturated heterocycles. The summed E-state index contributed by atoms with van der Waals surface area (Å²) < 4.78 is 11.3. The van der Waals surface area contributed by atoms with Gasteiger partial charge in [0.1, 0.15) is 6.61 Å². The number of nitrogens with zero attached hydrogens (tertiary/aromatic N) is 2. The van der Waals surface area contributed by atoms with E-state index in [2.05, 4.69) is 35.2 Å². The van der Waals surface area contributed by atoms with Crippen molar-refractivity contribution in [1.29, 1.82) is 0 Å². The van der Waals surface area contributed by atoms with Gasteiger partial charge in [-0.2, -0.15) is 0 Å². The maximum absolute atomic E-state index is 11.8. The van der Waals surface area contributed by atoms with Crippen molar-refractivity contribution in [3.05, 3.63) is 35.9 Å². The van der Waals surface area contributed by atoms with Gasteiger partial charge in [0.25, 0.3) is 0 Å². The third-order valence-electron chi connectivity index (χ3n) is 5.23. The first-order chi connectivity index (χ1) is 12.2. The van der Waals surface area contributed by atoms with Gasteiger partial charge in [0.05, 0.1) is 12.2 Å². The van der Waals surface area contributed by atoms with Gasteiger partial charge in [-0.05, 0) is 31.2 Å². The number of ether oxygens (including phenoxy) is 2. The van der Waals surface area contributed by atoms with E-state index in [-0.39, 0.29) is 12.5 Å². The highest BCUT2D eigenvalue weighted by atomic mass is 16.5. The normalized spacial score (nSPS) is 20.8. The van der Waals surface area contributed by atoms with E-state index >= 15 is 0 Å². The van der Waals surface area contributed by atoms with E-state index in [1.165, 1.54) is 5.56 Å². The maximum Gasteiger partial charge on any atom is 0.248 e. The highest BCUT2D eigenvalue weighted by Gasteiger charge is 2.27. The minimum atomic E-state index is 0.0928. The van der Waals surface area contributed by atoms with Crippen LogP contribution in [0.5, 0.6) is 0 Å². The van der Waals surface area contributed by atoms with Crippen molar-refractivity contribution in [1.82, 2.24) is 9.80 Å². The van der Waals surface area contributed by atoms with Crippen LogP contribution in [-0.4, -0.2) is 67.8 Å². The van der Waals surface area contributed by atoms with Crippen LogP contribution in [-0.2, 0) is 20.8 Å². The number of rotatable bonds is 6. The lowest BCUT2D eigenvalue weighted by atomic mass is 10.0. The van der Waals surface area contributed by atoms with Gasteiger partial charge >= 0.3 is 0 Å². The number of likely N-dealkylation sites (tertiary alicyclic amines) is 2. The molecule has 0 atom stereocenters. The number of methoxy groups -OCH3 is 1. The van der Waals surface area contributed by atoms with Gasteiger partial charge in [0, 0.05) is 39.8 Å². The van der Waals surface area contributed by atoms with Crippen molar-refractivity contribution in [3.63, 3.8) is 0 Å². The van der Waals surface area contributed by atoms with Gasteiger partial charge in [-0.25, -0.2) is 0 Å². The lowest BCUT2D eigenvalue weighted by Gasteiger charge is -2.37. The topological polar surface area (TPSA) is 42.0 Å². The minimum Gasteiger partial charge on any atom is -0.375 e. The Labute approximate surface area is 150 Å². The predicted molar refractivity (Wildman–Crippen MR) is 97.3 cm³/mol. The molecule has 2 fully saturated rings. The monoisotopic (exact) mass is 346 g/mol. The van der Waals surface area contributed by atoms with Crippen molar-refractivity contribution >= 4 is 5.91 Å². The van der Waals surface area contributed by atoms with Crippen LogP contribution in [0.2, 0.25) is 0 Å². The average molecular weight is 346 g/mol. The van der Waals surface area contributed by atoms with Crippen molar-refractivity contribution in [2.45, 2.75) is 44.4 Å². The van der Waals surface area contributed by atoms with Gasteiger partial charge < -0.3 is 14.4 Å². The Morgan fingerprint density at radius 1 is 1.00 bits per heavy atom. The summed E-state index contributed by atoms with van der Waals surface area (Å²) in [7, 11) is 1.57. The van der Waals surface area contributed by atoms with Crippen LogP contribution in [0, 0.1) is 0 Å². The Balaban J connectivity index is 1.35. The number of hydrogen-bond donors (Lipinski definition) is 0. The molecule has 0 aliphatic carbocycles. The second-order valence-electron chi connectivity index (χ2n) is 7.11. The first-order valence-corrected chi connectivity index (χ1v) is 9.43. The first-order valence-electron chi connectivity index (χ1n) is 9.43. The Morgan fingerprint density at radius 2 is 1.60 bits per heavy atom. The van der Waals surface area contributed by atoms with Gasteiger partial charge in [0.15, 0.2) is 0 Å². The van der Waals surface area contributed by atoms with Crippen LogP contribution >= 0.6 is 0 Å². The molecular formula is C20H30N2O3. The predicted octanol–water partition coefficient (Wildman–Crippen LogP) is 2.30. The molecule has 5 heteroatoms. The zero-order valence-corrected chi connectivity index (χ0v) is 15.2. The lowest BCUT2D eigenvalue weighted by molar-refractivity contribution is -0.139. The Kier molecular flexibility index (Phi) is 6.84. The molecule has 0 aromatic heterocycles. The zero-order chi connectivity index (χ0) is 17.5. The van der Waals surface area contributed by atoms with Crippen molar-refractivity contribution in [2.75, 3.05) is 39.9 Å². The fourth-order valence-electron chi connectivity index (χ4n) is 3.77. The summed E-state index contributed by atoms with van der Waals surface area (Å²) in [5.41, 5.74) is 1.38. The summed E-state index contributed by atoms with van der Waals surface area (Å²) in [4.78, 5) is 16.2. The molecule has 2 aliphatic heterocycles. The molecule has 138 valence electrons. The molecule has 2 heterocycles. The van der Waals surface area contributed by atoms with Gasteiger partial charge in [0.2, 0.25) is 5.91 Å².